The molecule has 0 radical (unpaired) electrons. The molecule has 0 saturated heterocycles. The first kappa shape index (κ1) is 16.3. The van der Waals surface area contributed by atoms with Crippen LogP contribution in [0.2, 0.25) is 0 Å². The highest BCUT2D eigenvalue weighted by Crippen LogP contribution is 2.22. The highest BCUT2D eigenvalue weighted by atomic mass is 32.2. The smallest absolute Gasteiger partial charge is 0.252 e. The van der Waals surface area contributed by atoms with Gasteiger partial charge in [-0.3, -0.25) is 0 Å². The zero-order chi connectivity index (χ0) is 15.6. The lowest BCUT2D eigenvalue weighted by atomic mass is 10.2. The van der Waals surface area contributed by atoms with Crippen LogP contribution in [0.3, 0.4) is 0 Å². The van der Waals surface area contributed by atoms with E-state index in [2.05, 4.69) is 5.32 Å². The van der Waals surface area contributed by atoms with Gasteiger partial charge in [0, 0.05) is 25.2 Å². The fourth-order valence-corrected chi connectivity index (χ4v) is 3.06. The van der Waals surface area contributed by atoms with Crippen molar-refractivity contribution in [2.45, 2.75) is 36.7 Å². The molecule has 1 aliphatic carbocycles. The highest BCUT2D eigenvalue weighted by molar-refractivity contribution is 7.89. The predicted octanol–water partition coefficient (Wildman–Crippen LogP) is 1.96. The summed E-state index contributed by atoms with van der Waals surface area (Å²) in [7, 11) is -2.96. The standard InChI is InChI=1S/C13H17F3N2O2S/c1-18(8-13(15)16)21(19,20)11-4-5-12(14)9(6-11)7-17-10-2-3-10/h4-6,10,13,17H,2-3,7-8H2,1H3. The van der Waals surface area contributed by atoms with E-state index in [-0.39, 0.29) is 17.0 Å². The average molecular weight is 322 g/mol. The number of hydrogen-bond donors (Lipinski definition) is 1. The maximum absolute atomic E-state index is 13.7. The van der Waals surface area contributed by atoms with E-state index in [0.717, 1.165) is 32.0 Å². The first-order valence-electron chi connectivity index (χ1n) is 6.57. The van der Waals surface area contributed by atoms with Crippen LogP contribution in [0.15, 0.2) is 23.1 Å². The summed E-state index contributed by atoms with van der Waals surface area (Å²) in [5, 5.41) is 3.09. The van der Waals surface area contributed by atoms with Gasteiger partial charge in [0.25, 0.3) is 6.43 Å². The number of sulfonamides is 1. The van der Waals surface area contributed by atoms with Crippen molar-refractivity contribution < 1.29 is 21.6 Å². The molecule has 1 saturated carbocycles. The third kappa shape index (κ3) is 4.18. The maximum Gasteiger partial charge on any atom is 0.252 e. The Morgan fingerprint density at radius 1 is 1.38 bits per heavy atom. The normalized spacial score (nSPS) is 15.9. The number of nitrogens with zero attached hydrogens (tertiary/aromatic N) is 1. The number of halogens is 3. The van der Waals surface area contributed by atoms with Crippen molar-refractivity contribution in [3.05, 3.63) is 29.6 Å². The van der Waals surface area contributed by atoms with Gasteiger partial charge in [-0.25, -0.2) is 21.6 Å². The summed E-state index contributed by atoms with van der Waals surface area (Å²) >= 11 is 0. The van der Waals surface area contributed by atoms with Gasteiger partial charge in [0.15, 0.2) is 0 Å². The van der Waals surface area contributed by atoms with Crippen molar-refractivity contribution >= 4 is 10.0 Å². The van der Waals surface area contributed by atoms with Crippen LogP contribution in [0.1, 0.15) is 18.4 Å². The van der Waals surface area contributed by atoms with E-state index in [1.807, 2.05) is 0 Å². The van der Waals surface area contributed by atoms with Gasteiger partial charge in [-0.15, -0.1) is 0 Å². The molecule has 0 spiro atoms. The number of alkyl halides is 2. The number of benzene rings is 1. The van der Waals surface area contributed by atoms with Crippen LogP contribution < -0.4 is 5.32 Å². The Morgan fingerprint density at radius 2 is 2.05 bits per heavy atom. The molecule has 0 amide bonds. The molecule has 0 heterocycles. The maximum atomic E-state index is 13.7. The first-order valence-corrected chi connectivity index (χ1v) is 8.01. The van der Waals surface area contributed by atoms with Crippen LogP contribution >= 0.6 is 0 Å². The quantitative estimate of drug-likeness (QED) is 0.835. The lowest BCUT2D eigenvalue weighted by Gasteiger charge is -2.17. The van der Waals surface area contributed by atoms with Gasteiger partial charge in [-0.1, -0.05) is 0 Å². The molecule has 1 N–H and O–H groups in total. The Morgan fingerprint density at radius 3 is 2.62 bits per heavy atom. The van der Waals surface area contributed by atoms with E-state index in [0.29, 0.717) is 10.3 Å². The molecule has 0 aliphatic heterocycles. The van der Waals surface area contributed by atoms with Crippen LogP contribution in [-0.4, -0.2) is 38.8 Å². The topological polar surface area (TPSA) is 49.4 Å². The molecule has 2 rings (SSSR count). The largest absolute Gasteiger partial charge is 0.310 e. The van der Waals surface area contributed by atoms with Gasteiger partial charge >= 0.3 is 0 Å². The highest BCUT2D eigenvalue weighted by Gasteiger charge is 2.25. The van der Waals surface area contributed by atoms with Crippen LogP contribution in [0.4, 0.5) is 13.2 Å². The van der Waals surface area contributed by atoms with Crippen LogP contribution in [0, 0.1) is 5.82 Å². The molecule has 118 valence electrons. The van der Waals surface area contributed by atoms with E-state index >= 15 is 0 Å². The van der Waals surface area contributed by atoms with Gasteiger partial charge in [-0.2, -0.15) is 4.31 Å². The van der Waals surface area contributed by atoms with E-state index in [1.54, 1.807) is 0 Å². The first-order chi connectivity index (χ1) is 9.80. The molecule has 0 unspecified atom stereocenters. The fraction of sp³-hybridized carbons (Fsp3) is 0.538. The lowest BCUT2D eigenvalue weighted by molar-refractivity contribution is 0.126. The molecule has 0 atom stereocenters. The molecular weight excluding hydrogens is 305 g/mol. The van der Waals surface area contributed by atoms with Crippen LogP contribution in [0.5, 0.6) is 0 Å². The fourth-order valence-electron chi connectivity index (χ4n) is 1.86. The summed E-state index contributed by atoms with van der Waals surface area (Å²) in [4.78, 5) is -0.181. The van der Waals surface area contributed by atoms with Gasteiger partial charge < -0.3 is 5.32 Å². The Hall–Kier alpha value is -1.12. The van der Waals surface area contributed by atoms with Crippen molar-refractivity contribution in [3.63, 3.8) is 0 Å². The SMILES string of the molecule is CN(CC(F)F)S(=O)(=O)c1ccc(F)c(CNC2CC2)c1. The molecule has 1 aliphatic rings. The monoisotopic (exact) mass is 322 g/mol. The lowest BCUT2D eigenvalue weighted by Crippen LogP contribution is -2.31. The number of nitrogens with one attached hydrogen (secondary N) is 1. The molecule has 4 nitrogen and oxygen atoms in total. The number of rotatable bonds is 7. The minimum Gasteiger partial charge on any atom is -0.310 e. The van der Waals surface area contributed by atoms with Crippen LogP contribution in [0.25, 0.3) is 0 Å². The van der Waals surface area contributed by atoms with Gasteiger partial charge in [-0.05, 0) is 31.0 Å². The van der Waals surface area contributed by atoms with Gasteiger partial charge in [0.1, 0.15) is 5.82 Å². The van der Waals surface area contributed by atoms with Crippen molar-refractivity contribution in [1.82, 2.24) is 9.62 Å². The Balaban J connectivity index is 2.19. The second kappa shape index (κ2) is 6.33. The molecule has 21 heavy (non-hydrogen) atoms. The van der Waals surface area contributed by atoms with Crippen molar-refractivity contribution in [1.29, 1.82) is 0 Å². The minimum absolute atomic E-state index is 0.181. The molecule has 8 heteroatoms. The minimum atomic E-state index is -4.04. The van der Waals surface area contributed by atoms with E-state index in [9.17, 15) is 21.6 Å². The van der Waals surface area contributed by atoms with Crippen molar-refractivity contribution in [2.75, 3.05) is 13.6 Å². The zero-order valence-electron chi connectivity index (χ0n) is 11.5. The summed E-state index contributed by atoms with van der Waals surface area (Å²) in [5.74, 6) is -0.515. The van der Waals surface area contributed by atoms with Crippen LogP contribution in [-0.2, 0) is 16.6 Å². The molecule has 1 fully saturated rings. The second-order valence-corrected chi connectivity index (χ2v) is 7.13. The third-order valence-electron chi connectivity index (χ3n) is 3.28. The molecular formula is C13H17F3N2O2S. The van der Waals surface area contributed by atoms with E-state index in [1.165, 1.54) is 6.07 Å². The average Bonchev–Trinajstić information content (AvgIpc) is 3.20. The molecule has 1 aromatic rings. The number of hydrogen-bond acceptors (Lipinski definition) is 3. The Labute approximate surface area is 122 Å². The molecule has 1 aromatic carbocycles. The summed E-state index contributed by atoms with van der Waals surface area (Å²) in [6.07, 6.45) is -0.714. The Bertz CT molecular complexity index is 603. The third-order valence-corrected chi connectivity index (χ3v) is 5.10. The summed E-state index contributed by atoms with van der Waals surface area (Å²) in [6, 6.07) is 3.69. The second-order valence-electron chi connectivity index (χ2n) is 5.09. The van der Waals surface area contributed by atoms with Gasteiger partial charge in [0.05, 0.1) is 11.4 Å². The predicted molar refractivity (Wildman–Crippen MR) is 72.1 cm³/mol. The van der Waals surface area contributed by atoms with Crippen molar-refractivity contribution in [2.24, 2.45) is 0 Å². The molecule has 0 aromatic heterocycles. The van der Waals surface area contributed by atoms with Gasteiger partial charge in [0.2, 0.25) is 10.0 Å². The zero-order valence-corrected chi connectivity index (χ0v) is 12.3. The van der Waals surface area contributed by atoms with E-state index < -0.39 is 28.8 Å². The summed E-state index contributed by atoms with van der Waals surface area (Å²) in [5.41, 5.74) is 0.216. The van der Waals surface area contributed by atoms with E-state index in [4.69, 9.17) is 0 Å². The molecule has 0 bridgehead atoms. The Kier molecular flexibility index (Phi) is 4.90. The van der Waals surface area contributed by atoms with Crippen molar-refractivity contribution in [3.8, 4) is 0 Å². The summed E-state index contributed by atoms with van der Waals surface area (Å²) in [6.45, 7) is -0.673. The summed E-state index contributed by atoms with van der Waals surface area (Å²) < 4.78 is 63.1.